The highest BCUT2D eigenvalue weighted by atomic mass is 127. The highest BCUT2D eigenvalue weighted by Gasteiger charge is 2.23. The summed E-state index contributed by atoms with van der Waals surface area (Å²) in [6.07, 6.45) is 2.82. The third-order valence-electron chi connectivity index (χ3n) is 4.30. The van der Waals surface area contributed by atoms with Gasteiger partial charge in [0.2, 0.25) is 0 Å². The Kier molecular flexibility index (Phi) is 9.04. The second-order valence-electron chi connectivity index (χ2n) is 6.30. The van der Waals surface area contributed by atoms with Crippen LogP contribution in [0.1, 0.15) is 41.4 Å². The first-order valence-electron chi connectivity index (χ1n) is 9.03. The Morgan fingerprint density at radius 3 is 2.50 bits per heavy atom. The van der Waals surface area contributed by atoms with Crippen molar-refractivity contribution in [3.05, 3.63) is 60.4 Å². The average molecular weight is 627 g/mol. The van der Waals surface area contributed by atoms with Crippen LogP contribution in [0.4, 0.5) is 0 Å². The second-order valence-corrected chi connectivity index (χ2v) is 8.62. The number of halogens is 3. The third kappa shape index (κ3) is 5.01. The molecule has 0 amide bonds. The van der Waals surface area contributed by atoms with Crippen LogP contribution in [0.2, 0.25) is 0 Å². The van der Waals surface area contributed by atoms with Crippen molar-refractivity contribution in [1.82, 2.24) is 0 Å². The summed E-state index contributed by atoms with van der Waals surface area (Å²) < 4.78 is 13.7. The fraction of sp³-hybridized carbons (Fsp3) is 0.286. The van der Waals surface area contributed by atoms with Crippen LogP contribution in [0.5, 0.6) is 5.75 Å². The lowest BCUT2D eigenvalue weighted by atomic mass is 9.98. The Balaban J connectivity index is 0.00000280. The van der Waals surface area contributed by atoms with E-state index in [0.717, 1.165) is 48.9 Å². The molecule has 0 aliphatic rings. The molecule has 0 radical (unpaired) electrons. The largest absolute Gasteiger partial charge is 0.485 e. The molecule has 1 heterocycles. The standard InChI is InChI=1S/C21H21I2NO3.ClH/c1-2-3-7-18-19(14-6-4-5-8-17(14)27-18)20(25)13-11-15(22)21(16(23)12-13)26-10-9-24;/h4-6,8,11-12H,2-3,7,9-10,24H2,1H3;1H/p+1. The first kappa shape index (κ1) is 23.4. The maximum Gasteiger partial charge on any atom is 0.197 e. The molecule has 3 N–H and O–H groups in total. The van der Waals surface area contributed by atoms with E-state index in [0.29, 0.717) is 24.3 Å². The van der Waals surface area contributed by atoms with E-state index in [1.165, 1.54) is 0 Å². The number of unbranched alkanes of at least 4 members (excludes halogenated alkanes) is 1. The molecule has 7 heteroatoms. The topological polar surface area (TPSA) is 67.1 Å². The Morgan fingerprint density at radius 1 is 1.18 bits per heavy atom. The molecule has 2 aromatic carbocycles. The van der Waals surface area contributed by atoms with Crippen molar-refractivity contribution in [2.75, 3.05) is 13.2 Å². The number of ketones is 1. The van der Waals surface area contributed by atoms with Gasteiger partial charge in [-0.25, -0.2) is 0 Å². The number of benzene rings is 2. The molecule has 0 unspecified atom stereocenters. The van der Waals surface area contributed by atoms with E-state index in [-0.39, 0.29) is 18.2 Å². The number of aryl methyl sites for hydroxylation is 1. The number of rotatable bonds is 8. The number of furan rings is 1. The molecule has 0 aliphatic heterocycles. The van der Waals surface area contributed by atoms with Gasteiger partial charge in [-0.15, -0.1) is 12.4 Å². The summed E-state index contributed by atoms with van der Waals surface area (Å²) in [5.74, 6) is 1.61. The van der Waals surface area contributed by atoms with Gasteiger partial charge >= 0.3 is 0 Å². The second kappa shape index (κ2) is 10.8. The van der Waals surface area contributed by atoms with Crippen molar-refractivity contribution in [3.8, 4) is 5.75 Å². The monoisotopic (exact) mass is 626 g/mol. The molecule has 3 rings (SSSR count). The number of carbonyl (C=O) groups is 1. The van der Waals surface area contributed by atoms with Gasteiger partial charge in [0.1, 0.15) is 30.2 Å². The van der Waals surface area contributed by atoms with Crippen molar-refractivity contribution in [1.29, 1.82) is 0 Å². The maximum atomic E-state index is 13.4. The summed E-state index contributed by atoms with van der Waals surface area (Å²) >= 11 is 4.45. The lowest BCUT2D eigenvalue weighted by Crippen LogP contribution is -2.52. The number of ether oxygens (including phenoxy) is 1. The minimum atomic E-state index is 0. The van der Waals surface area contributed by atoms with Crippen molar-refractivity contribution < 1.29 is 19.7 Å². The maximum absolute atomic E-state index is 13.4. The average Bonchev–Trinajstić information content (AvgIpc) is 3.03. The van der Waals surface area contributed by atoms with Gasteiger partial charge in [0, 0.05) is 17.4 Å². The Hall–Kier alpha value is -0.840. The van der Waals surface area contributed by atoms with Crippen molar-refractivity contribution in [3.63, 3.8) is 0 Å². The smallest absolute Gasteiger partial charge is 0.197 e. The number of quaternary nitrogens is 1. The molecule has 0 aliphatic carbocycles. The van der Waals surface area contributed by atoms with Gasteiger partial charge in [0.15, 0.2) is 5.78 Å². The number of para-hydroxylation sites is 1. The Morgan fingerprint density at radius 2 is 1.86 bits per heavy atom. The minimum Gasteiger partial charge on any atom is -0.485 e. The van der Waals surface area contributed by atoms with Crippen LogP contribution in [0, 0.1) is 7.14 Å². The van der Waals surface area contributed by atoms with E-state index >= 15 is 0 Å². The van der Waals surface area contributed by atoms with E-state index in [2.05, 4.69) is 57.8 Å². The first-order chi connectivity index (χ1) is 13.1. The highest BCUT2D eigenvalue weighted by Crippen LogP contribution is 2.33. The zero-order valence-corrected chi connectivity index (χ0v) is 20.7. The molecule has 150 valence electrons. The lowest BCUT2D eigenvalue weighted by molar-refractivity contribution is -0.371. The predicted octanol–water partition coefficient (Wildman–Crippen LogP) is 5.26. The fourth-order valence-electron chi connectivity index (χ4n) is 3.01. The van der Waals surface area contributed by atoms with E-state index in [1.54, 1.807) is 0 Å². The lowest BCUT2D eigenvalue weighted by Gasteiger charge is -2.11. The number of carbonyl (C=O) groups excluding carboxylic acids is 1. The van der Waals surface area contributed by atoms with Gasteiger partial charge in [0.05, 0.1) is 12.7 Å². The van der Waals surface area contributed by atoms with E-state index in [4.69, 9.17) is 9.15 Å². The van der Waals surface area contributed by atoms with Crippen molar-refractivity contribution >= 4 is 74.3 Å². The molecular formula is C21H23ClI2NO3+. The van der Waals surface area contributed by atoms with Crippen LogP contribution in [-0.2, 0) is 6.42 Å². The molecule has 0 saturated carbocycles. The van der Waals surface area contributed by atoms with Crippen LogP contribution >= 0.6 is 57.6 Å². The van der Waals surface area contributed by atoms with Crippen LogP contribution < -0.4 is 10.5 Å². The SMILES string of the molecule is CCCCc1oc2ccccc2c1C(=O)c1cc(I)c(OCC[NH3+])c(I)c1.Cl. The molecule has 1 aromatic heterocycles. The van der Waals surface area contributed by atoms with E-state index in [1.807, 2.05) is 36.4 Å². The molecule has 0 atom stereocenters. The molecular weight excluding hydrogens is 603 g/mol. The minimum absolute atomic E-state index is 0. The summed E-state index contributed by atoms with van der Waals surface area (Å²) in [4.78, 5) is 13.4. The molecule has 4 nitrogen and oxygen atoms in total. The molecule has 0 saturated heterocycles. The third-order valence-corrected chi connectivity index (χ3v) is 5.91. The van der Waals surface area contributed by atoms with Crippen molar-refractivity contribution in [2.45, 2.75) is 26.2 Å². The summed E-state index contributed by atoms with van der Waals surface area (Å²) in [7, 11) is 0. The van der Waals surface area contributed by atoms with Gasteiger partial charge in [-0.05, 0) is 69.8 Å². The van der Waals surface area contributed by atoms with E-state index < -0.39 is 0 Å². The zero-order chi connectivity index (χ0) is 19.4. The molecule has 0 fully saturated rings. The predicted molar refractivity (Wildman–Crippen MR) is 131 cm³/mol. The van der Waals surface area contributed by atoms with Gasteiger partial charge < -0.3 is 14.9 Å². The van der Waals surface area contributed by atoms with Gasteiger partial charge in [-0.1, -0.05) is 31.5 Å². The van der Waals surface area contributed by atoms with Gasteiger partial charge in [-0.3, -0.25) is 4.79 Å². The van der Waals surface area contributed by atoms with Crippen LogP contribution in [-0.4, -0.2) is 18.9 Å². The molecule has 3 aromatic rings. The van der Waals surface area contributed by atoms with Gasteiger partial charge in [-0.2, -0.15) is 0 Å². The molecule has 0 bridgehead atoms. The number of hydrogen-bond donors (Lipinski definition) is 1. The summed E-state index contributed by atoms with van der Waals surface area (Å²) in [5, 5.41) is 0.885. The first-order valence-corrected chi connectivity index (χ1v) is 11.2. The van der Waals surface area contributed by atoms with Crippen molar-refractivity contribution in [2.24, 2.45) is 0 Å². The van der Waals surface area contributed by atoms with Crippen LogP contribution in [0.3, 0.4) is 0 Å². The zero-order valence-electron chi connectivity index (χ0n) is 15.6. The number of fused-ring (bicyclic) bond motifs is 1. The normalized spacial score (nSPS) is 10.7. The summed E-state index contributed by atoms with van der Waals surface area (Å²) in [5.41, 5.74) is 5.93. The summed E-state index contributed by atoms with van der Waals surface area (Å²) in [6.45, 7) is 3.40. The van der Waals surface area contributed by atoms with Crippen LogP contribution in [0.15, 0.2) is 40.8 Å². The van der Waals surface area contributed by atoms with Crippen LogP contribution in [0.25, 0.3) is 11.0 Å². The fourth-order valence-corrected chi connectivity index (χ4v) is 5.09. The highest BCUT2D eigenvalue weighted by molar-refractivity contribution is 14.1. The quantitative estimate of drug-likeness (QED) is 0.274. The summed E-state index contributed by atoms with van der Waals surface area (Å²) in [6, 6.07) is 11.6. The number of hydrogen-bond acceptors (Lipinski definition) is 3. The molecule has 28 heavy (non-hydrogen) atoms. The Bertz CT molecular complexity index is 948. The Labute approximate surface area is 198 Å². The van der Waals surface area contributed by atoms with E-state index in [9.17, 15) is 4.79 Å². The molecule has 0 spiro atoms. The van der Waals surface area contributed by atoms with Gasteiger partial charge in [0.25, 0.3) is 0 Å².